The van der Waals surface area contributed by atoms with Gasteiger partial charge in [-0.25, -0.2) is 4.79 Å². The van der Waals surface area contributed by atoms with Gasteiger partial charge in [-0.15, -0.1) is 0 Å². The number of unbranched alkanes of at least 4 members (excludes halogenated alkanes) is 3. The van der Waals surface area contributed by atoms with Crippen LogP contribution < -0.4 is 31.9 Å². The number of rotatable bonds is 16. The van der Waals surface area contributed by atoms with Crippen LogP contribution in [0.2, 0.25) is 10.0 Å². The predicted octanol–water partition coefficient (Wildman–Crippen LogP) is 0.133. The fraction of sp³-hybridized carbons (Fsp3) is 0.433. The SMILES string of the molecule is N=C(NCCCCCCNC(=N)NC(=N)Nc1ccc(Cl)cc1)NC(=N)Nc1ccc(Cl)cc1.O=C(OCCO)[C@H](O)[C@@H](O)[C@H](O)[C@H](O)CO. The van der Waals surface area contributed by atoms with Crippen LogP contribution in [-0.4, -0.2) is 118 Å². The molecule has 0 fully saturated rings. The van der Waals surface area contributed by atoms with Crippen LogP contribution in [0.3, 0.4) is 0 Å². The zero-order chi connectivity index (χ0) is 37.5. The van der Waals surface area contributed by atoms with Gasteiger partial charge in [-0.05, 0) is 61.4 Å². The minimum absolute atomic E-state index is 0.00148. The van der Waals surface area contributed by atoms with Crippen LogP contribution in [0, 0.1) is 21.6 Å². The molecule has 0 saturated heterocycles. The van der Waals surface area contributed by atoms with E-state index in [0.29, 0.717) is 34.5 Å². The third-order valence-electron chi connectivity index (χ3n) is 6.27. The zero-order valence-corrected chi connectivity index (χ0v) is 28.6. The Bertz CT molecular complexity index is 1260. The van der Waals surface area contributed by atoms with E-state index in [4.69, 9.17) is 70.4 Å². The van der Waals surface area contributed by atoms with E-state index in [0.717, 1.165) is 25.7 Å². The van der Waals surface area contributed by atoms with Crippen LogP contribution in [0.25, 0.3) is 0 Å². The van der Waals surface area contributed by atoms with Crippen LogP contribution in [0.15, 0.2) is 48.5 Å². The Labute approximate surface area is 299 Å². The predicted molar refractivity (Wildman–Crippen MR) is 191 cm³/mol. The Kier molecular flexibility index (Phi) is 21.7. The first-order valence-corrected chi connectivity index (χ1v) is 16.0. The van der Waals surface area contributed by atoms with E-state index in [1.807, 2.05) is 0 Å². The molecule has 0 saturated carbocycles. The summed E-state index contributed by atoms with van der Waals surface area (Å²) in [5, 5.41) is 103. The van der Waals surface area contributed by atoms with Crippen molar-refractivity contribution in [2.24, 2.45) is 0 Å². The lowest BCUT2D eigenvalue weighted by molar-refractivity contribution is -0.171. The first-order valence-electron chi connectivity index (χ1n) is 15.3. The maximum atomic E-state index is 11.0. The highest BCUT2D eigenvalue weighted by atomic mass is 35.5. The second-order valence-electron chi connectivity index (χ2n) is 10.3. The summed E-state index contributed by atoms with van der Waals surface area (Å²) in [6.45, 7) is -0.398. The van der Waals surface area contributed by atoms with Crippen molar-refractivity contribution >= 4 is 64.4 Å². The molecule has 0 radical (unpaired) electrons. The largest absolute Gasteiger partial charge is 0.461 e. The number of hydrogen-bond donors (Lipinski definition) is 16. The van der Waals surface area contributed by atoms with Crippen molar-refractivity contribution < 1.29 is 40.2 Å². The van der Waals surface area contributed by atoms with Gasteiger partial charge < -0.3 is 56.6 Å². The number of aliphatic hydroxyl groups excluding tert-OH is 6. The molecule has 0 spiro atoms. The molecule has 0 aliphatic carbocycles. The molecule has 4 atom stereocenters. The zero-order valence-electron chi connectivity index (χ0n) is 27.0. The topological polar surface area (TPSA) is 315 Å². The summed E-state index contributed by atoms with van der Waals surface area (Å²) < 4.78 is 4.28. The van der Waals surface area contributed by atoms with E-state index < -0.39 is 43.6 Å². The van der Waals surface area contributed by atoms with E-state index in [9.17, 15) is 9.90 Å². The summed E-state index contributed by atoms with van der Waals surface area (Å²) in [6.07, 6.45) is -3.93. The minimum atomic E-state index is -2.07. The van der Waals surface area contributed by atoms with Gasteiger partial charge in [0.25, 0.3) is 0 Å². The molecular formula is C30H46Cl2N10O8. The Hall–Kier alpha value is -4.27. The van der Waals surface area contributed by atoms with E-state index in [1.54, 1.807) is 48.5 Å². The van der Waals surface area contributed by atoms with E-state index in [1.165, 1.54) is 0 Å². The second-order valence-corrected chi connectivity index (χ2v) is 11.2. The minimum Gasteiger partial charge on any atom is -0.461 e. The summed E-state index contributed by atoms with van der Waals surface area (Å²) >= 11 is 11.7. The highest BCUT2D eigenvalue weighted by molar-refractivity contribution is 6.31. The number of benzene rings is 2. The smallest absolute Gasteiger partial charge is 0.337 e. The second kappa shape index (κ2) is 24.8. The van der Waals surface area contributed by atoms with Gasteiger partial charge in [0.1, 0.15) is 24.9 Å². The van der Waals surface area contributed by atoms with Gasteiger partial charge in [-0.2, -0.15) is 0 Å². The average Bonchev–Trinajstić information content (AvgIpc) is 3.09. The summed E-state index contributed by atoms with van der Waals surface area (Å²) in [5.74, 6) is -1.13. The van der Waals surface area contributed by atoms with Crippen molar-refractivity contribution in [1.82, 2.24) is 21.3 Å². The van der Waals surface area contributed by atoms with Gasteiger partial charge in [0.15, 0.2) is 29.9 Å². The number of hydrogen-bond acceptors (Lipinski definition) is 12. The molecule has 18 nitrogen and oxygen atoms in total. The van der Waals surface area contributed by atoms with Crippen molar-refractivity contribution in [3.8, 4) is 0 Å². The fourth-order valence-corrected chi connectivity index (χ4v) is 3.93. The highest BCUT2D eigenvalue weighted by Gasteiger charge is 2.35. The van der Waals surface area contributed by atoms with E-state index in [-0.39, 0.29) is 30.4 Å². The lowest BCUT2D eigenvalue weighted by atomic mass is 10.0. The number of carbonyl (C=O) groups is 1. The van der Waals surface area contributed by atoms with Crippen LogP contribution >= 0.6 is 23.2 Å². The number of nitrogens with one attached hydrogen (secondary N) is 10. The first-order chi connectivity index (χ1) is 23.8. The van der Waals surface area contributed by atoms with Gasteiger partial charge in [0, 0.05) is 34.5 Å². The average molecular weight is 746 g/mol. The Morgan fingerprint density at radius 3 is 1.46 bits per heavy atom. The van der Waals surface area contributed by atoms with E-state index >= 15 is 0 Å². The molecule has 2 rings (SSSR count). The molecule has 2 aromatic carbocycles. The standard InChI is InChI=1S/C22H30Cl2N10.C8H16O8/c23-15-5-9-17(10-6-15)31-21(27)33-19(25)29-13-3-1-2-4-14-30-20(26)34-22(28)32-18-11-7-16(24)8-12-18;9-1-2-16-8(15)7(14)6(13)5(12)4(11)3-10/h5-12H,1-4,13-14H2,(H5,25,27,29,31,33)(H5,26,28,30,32,34);4-7,9-14H,1-3H2/t;4-,5-,6+,7-/m.1/s1. The quantitative estimate of drug-likeness (QED) is 0.0470. The van der Waals surface area contributed by atoms with E-state index in [2.05, 4.69) is 36.6 Å². The highest BCUT2D eigenvalue weighted by Crippen LogP contribution is 2.14. The van der Waals surface area contributed by atoms with Gasteiger partial charge in [-0.3, -0.25) is 32.3 Å². The fourth-order valence-electron chi connectivity index (χ4n) is 3.68. The molecule has 0 unspecified atom stereocenters. The molecule has 0 bridgehead atoms. The van der Waals surface area contributed by atoms with Gasteiger partial charge in [0.2, 0.25) is 0 Å². The van der Waals surface area contributed by atoms with Gasteiger partial charge in [-0.1, -0.05) is 36.0 Å². The summed E-state index contributed by atoms with van der Waals surface area (Å²) in [5.41, 5.74) is 1.42. The number of carbonyl (C=O) groups excluding carboxylic acids is 1. The van der Waals surface area contributed by atoms with Crippen molar-refractivity contribution in [3.63, 3.8) is 0 Å². The van der Waals surface area contributed by atoms with Crippen molar-refractivity contribution in [3.05, 3.63) is 58.6 Å². The Morgan fingerprint density at radius 2 is 1.08 bits per heavy atom. The molecule has 50 heavy (non-hydrogen) atoms. The maximum Gasteiger partial charge on any atom is 0.337 e. The molecule has 0 aromatic heterocycles. The maximum absolute atomic E-state index is 11.0. The number of esters is 1. The molecule has 0 aliphatic rings. The summed E-state index contributed by atoms with van der Waals surface area (Å²) in [7, 11) is 0. The molecule has 278 valence electrons. The number of aliphatic hydroxyl groups is 6. The Balaban J connectivity index is 0.000000657. The molecule has 2 aromatic rings. The van der Waals surface area contributed by atoms with Crippen molar-refractivity contribution in [2.45, 2.75) is 50.1 Å². The number of guanidine groups is 4. The lowest BCUT2D eigenvalue weighted by Gasteiger charge is -2.24. The Morgan fingerprint density at radius 1 is 0.660 bits per heavy atom. The summed E-state index contributed by atoms with van der Waals surface area (Å²) in [6, 6.07) is 13.9. The third kappa shape index (κ3) is 19.1. The monoisotopic (exact) mass is 744 g/mol. The molecule has 0 aliphatic heterocycles. The van der Waals surface area contributed by atoms with Gasteiger partial charge >= 0.3 is 5.97 Å². The van der Waals surface area contributed by atoms with Crippen LogP contribution in [0.1, 0.15) is 25.7 Å². The van der Waals surface area contributed by atoms with Crippen molar-refractivity contribution in [1.29, 1.82) is 21.6 Å². The molecule has 20 heteroatoms. The van der Waals surface area contributed by atoms with Crippen molar-refractivity contribution in [2.75, 3.05) is 43.5 Å². The van der Waals surface area contributed by atoms with Gasteiger partial charge in [0.05, 0.1) is 13.2 Å². The molecule has 16 N–H and O–H groups in total. The third-order valence-corrected chi connectivity index (χ3v) is 6.77. The van der Waals surface area contributed by atoms with Crippen LogP contribution in [-0.2, 0) is 9.53 Å². The molecule has 0 heterocycles. The molecular weight excluding hydrogens is 699 g/mol. The summed E-state index contributed by atoms with van der Waals surface area (Å²) in [4.78, 5) is 11.0. The van der Waals surface area contributed by atoms with Crippen LogP contribution in [0.4, 0.5) is 11.4 Å². The number of anilines is 2. The number of halogens is 2. The number of ether oxygens (including phenoxy) is 1. The molecule has 0 amide bonds. The van der Waals surface area contributed by atoms with Crippen LogP contribution in [0.5, 0.6) is 0 Å². The lowest BCUT2D eigenvalue weighted by Crippen LogP contribution is -2.49. The first kappa shape index (κ1) is 43.8. The normalized spacial score (nSPS) is 12.8.